The summed E-state index contributed by atoms with van der Waals surface area (Å²) in [7, 11) is -3.40. The first-order valence-electron chi connectivity index (χ1n) is 10.6. The standard InChI is InChI=1S/C23H32N2O4S/c1-17-8-7-15-25(23(17)26)22(18(2)24-30(3,27)28)16-29-21-13-11-20(12-14-21)19-9-5-4-6-10-19/h4-10,15,18,20-22,24H,11-14,16H2,1-3H3/t18-,20?,21?,22-/m0/s1. The number of benzene rings is 1. The van der Waals surface area contributed by atoms with E-state index in [0.29, 0.717) is 11.5 Å². The number of nitrogens with one attached hydrogen (secondary N) is 1. The molecule has 1 aromatic carbocycles. The van der Waals surface area contributed by atoms with Crippen molar-refractivity contribution in [3.8, 4) is 0 Å². The maximum atomic E-state index is 12.7. The van der Waals surface area contributed by atoms with E-state index in [2.05, 4.69) is 29.0 Å². The number of aryl methyl sites for hydroxylation is 1. The number of nitrogens with zero attached hydrogens (tertiary/aromatic N) is 1. The molecule has 1 saturated carbocycles. The molecular weight excluding hydrogens is 400 g/mol. The van der Waals surface area contributed by atoms with Crippen molar-refractivity contribution < 1.29 is 13.2 Å². The third kappa shape index (κ3) is 6.03. The summed E-state index contributed by atoms with van der Waals surface area (Å²) >= 11 is 0. The van der Waals surface area contributed by atoms with Crippen molar-refractivity contribution in [3.63, 3.8) is 0 Å². The van der Waals surface area contributed by atoms with E-state index < -0.39 is 22.1 Å². The van der Waals surface area contributed by atoms with Crippen LogP contribution in [0.1, 0.15) is 55.7 Å². The smallest absolute Gasteiger partial charge is 0.253 e. The van der Waals surface area contributed by atoms with Crippen LogP contribution >= 0.6 is 0 Å². The van der Waals surface area contributed by atoms with Gasteiger partial charge in [0, 0.05) is 17.8 Å². The Balaban J connectivity index is 1.67. The highest BCUT2D eigenvalue weighted by Crippen LogP contribution is 2.34. The minimum atomic E-state index is -3.40. The van der Waals surface area contributed by atoms with Crippen molar-refractivity contribution >= 4 is 10.0 Å². The molecule has 1 aliphatic carbocycles. The fraction of sp³-hybridized carbons (Fsp3) is 0.522. The summed E-state index contributed by atoms with van der Waals surface area (Å²) in [5.74, 6) is 0.562. The Morgan fingerprint density at radius 1 is 1.10 bits per heavy atom. The van der Waals surface area contributed by atoms with Crippen molar-refractivity contribution in [2.24, 2.45) is 0 Å². The second-order valence-electron chi connectivity index (χ2n) is 8.37. The highest BCUT2D eigenvalue weighted by atomic mass is 32.2. The Hall–Kier alpha value is -1.96. The van der Waals surface area contributed by atoms with Crippen LogP contribution in [0, 0.1) is 6.92 Å². The van der Waals surface area contributed by atoms with E-state index in [-0.39, 0.29) is 18.3 Å². The van der Waals surface area contributed by atoms with E-state index in [1.807, 2.05) is 12.1 Å². The highest BCUT2D eigenvalue weighted by molar-refractivity contribution is 7.88. The van der Waals surface area contributed by atoms with E-state index in [1.165, 1.54) is 5.56 Å². The fourth-order valence-corrected chi connectivity index (χ4v) is 5.12. The zero-order valence-corrected chi connectivity index (χ0v) is 18.8. The van der Waals surface area contributed by atoms with Gasteiger partial charge in [-0.05, 0) is 57.1 Å². The second kappa shape index (κ2) is 9.90. The zero-order chi connectivity index (χ0) is 21.7. The van der Waals surface area contributed by atoms with Crippen LogP contribution in [0.15, 0.2) is 53.5 Å². The van der Waals surface area contributed by atoms with Gasteiger partial charge < -0.3 is 9.30 Å². The minimum Gasteiger partial charge on any atom is -0.376 e. The van der Waals surface area contributed by atoms with Crippen molar-refractivity contribution in [1.29, 1.82) is 0 Å². The lowest BCUT2D eigenvalue weighted by Gasteiger charge is -2.32. The van der Waals surface area contributed by atoms with E-state index in [9.17, 15) is 13.2 Å². The van der Waals surface area contributed by atoms with Crippen molar-refractivity contribution in [2.75, 3.05) is 12.9 Å². The molecular formula is C23H32N2O4S. The second-order valence-corrected chi connectivity index (χ2v) is 10.1. The van der Waals surface area contributed by atoms with Gasteiger partial charge in [-0.2, -0.15) is 0 Å². The first-order valence-corrected chi connectivity index (χ1v) is 12.5. The monoisotopic (exact) mass is 432 g/mol. The number of hydrogen-bond acceptors (Lipinski definition) is 4. The number of rotatable bonds is 8. The lowest BCUT2D eigenvalue weighted by molar-refractivity contribution is 0.00239. The highest BCUT2D eigenvalue weighted by Gasteiger charge is 2.27. The lowest BCUT2D eigenvalue weighted by atomic mass is 9.83. The maximum absolute atomic E-state index is 12.7. The molecule has 1 aromatic heterocycles. The summed E-state index contributed by atoms with van der Waals surface area (Å²) in [6.07, 6.45) is 7.02. The quantitative estimate of drug-likeness (QED) is 0.694. The number of sulfonamides is 1. The lowest BCUT2D eigenvalue weighted by Crippen LogP contribution is -2.44. The largest absolute Gasteiger partial charge is 0.376 e. The molecule has 0 radical (unpaired) electrons. The molecule has 0 aliphatic heterocycles. The number of pyridine rings is 1. The van der Waals surface area contributed by atoms with Crippen LogP contribution in [0.3, 0.4) is 0 Å². The summed E-state index contributed by atoms with van der Waals surface area (Å²) < 4.78 is 34.0. The van der Waals surface area contributed by atoms with Crippen LogP contribution in [0.5, 0.6) is 0 Å². The van der Waals surface area contributed by atoms with Gasteiger partial charge in [0.15, 0.2) is 0 Å². The number of hydrogen-bond donors (Lipinski definition) is 1. The summed E-state index contributed by atoms with van der Waals surface area (Å²) in [5.41, 5.74) is 1.88. The average Bonchev–Trinajstić information content (AvgIpc) is 2.71. The Morgan fingerprint density at radius 2 is 1.77 bits per heavy atom. The summed E-state index contributed by atoms with van der Waals surface area (Å²) in [6.45, 7) is 3.82. The molecule has 1 fully saturated rings. The molecule has 30 heavy (non-hydrogen) atoms. The summed E-state index contributed by atoms with van der Waals surface area (Å²) in [5, 5.41) is 0. The molecule has 2 aromatic rings. The van der Waals surface area contributed by atoms with Crippen LogP contribution in [0.25, 0.3) is 0 Å². The van der Waals surface area contributed by atoms with Crippen LogP contribution in [-0.4, -0.2) is 38.0 Å². The molecule has 1 N–H and O–H groups in total. The Morgan fingerprint density at radius 3 is 2.40 bits per heavy atom. The molecule has 0 amide bonds. The predicted octanol–water partition coefficient (Wildman–Crippen LogP) is 3.38. The molecule has 2 atom stereocenters. The summed E-state index contributed by atoms with van der Waals surface area (Å²) in [6, 6.07) is 13.3. The van der Waals surface area contributed by atoms with Crippen LogP contribution < -0.4 is 10.3 Å². The molecule has 1 aliphatic rings. The molecule has 0 spiro atoms. The molecule has 7 heteroatoms. The van der Waals surface area contributed by atoms with Crippen molar-refractivity contribution in [2.45, 2.75) is 63.6 Å². The normalized spacial score (nSPS) is 21.8. The Labute approximate surface area is 179 Å². The SMILES string of the molecule is Cc1cccn([C@@H](COC2CCC(c3ccccc3)CC2)[C@H](C)NS(C)(=O)=O)c1=O. The zero-order valence-electron chi connectivity index (χ0n) is 18.0. The predicted molar refractivity (Wildman–Crippen MR) is 119 cm³/mol. The van der Waals surface area contributed by atoms with Gasteiger partial charge in [-0.1, -0.05) is 36.4 Å². The topological polar surface area (TPSA) is 77.4 Å². The number of aromatic nitrogens is 1. The first-order chi connectivity index (χ1) is 14.2. The minimum absolute atomic E-state index is 0.124. The van der Waals surface area contributed by atoms with Gasteiger partial charge in [0.1, 0.15) is 0 Å². The maximum Gasteiger partial charge on any atom is 0.253 e. The van der Waals surface area contributed by atoms with Crippen LogP contribution in [0.4, 0.5) is 0 Å². The van der Waals surface area contributed by atoms with Crippen molar-refractivity contribution in [1.82, 2.24) is 9.29 Å². The van der Waals surface area contributed by atoms with Gasteiger partial charge in [0.2, 0.25) is 10.0 Å². The molecule has 164 valence electrons. The van der Waals surface area contributed by atoms with Gasteiger partial charge in [0.05, 0.1) is 25.0 Å². The van der Waals surface area contributed by atoms with E-state index in [0.717, 1.165) is 31.9 Å². The van der Waals surface area contributed by atoms with E-state index in [4.69, 9.17) is 4.74 Å². The van der Waals surface area contributed by atoms with Gasteiger partial charge in [-0.25, -0.2) is 13.1 Å². The Kier molecular flexibility index (Phi) is 7.50. The molecule has 1 heterocycles. The summed E-state index contributed by atoms with van der Waals surface area (Å²) in [4.78, 5) is 12.7. The third-order valence-corrected chi connectivity index (χ3v) is 6.75. The molecule has 6 nitrogen and oxygen atoms in total. The van der Waals surface area contributed by atoms with E-state index in [1.54, 1.807) is 30.7 Å². The van der Waals surface area contributed by atoms with Gasteiger partial charge in [-0.3, -0.25) is 4.79 Å². The van der Waals surface area contributed by atoms with Crippen LogP contribution in [-0.2, 0) is 14.8 Å². The Bertz CT molecular complexity index is 980. The van der Waals surface area contributed by atoms with Gasteiger partial charge in [0.25, 0.3) is 5.56 Å². The van der Waals surface area contributed by atoms with Crippen molar-refractivity contribution in [3.05, 3.63) is 70.1 Å². The van der Waals surface area contributed by atoms with Gasteiger partial charge in [-0.15, -0.1) is 0 Å². The molecule has 0 unspecified atom stereocenters. The molecule has 0 bridgehead atoms. The van der Waals surface area contributed by atoms with E-state index >= 15 is 0 Å². The molecule has 3 rings (SSSR count). The molecule has 0 saturated heterocycles. The first kappa shape index (κ1) is 22.7. The van der Waals surface area contributed by atoms with Crippen LogP contribution in [0.2, 0.25) is 0 Å². The third-order valence-electron chi connectivity index (χ3n) is 5.95. The fourth-order valence-electron chi connectivity index (χ4n) is 4.29. The number of ether oxygens (including phenoxy) is 1. The van der Waals surface area contributed by atoms with Gasteiger partial charge >= 0.3 is 0 Å². The average molecular weight is 433 g/mol.